The standard InChI is InChI=1S/C10H9FO2S/c1-2-13-10-4-6-3-7(11)8(12)5-9(6)14-10/h3-5,12H,2H2,1H3. The molecule has 1 N–H and O–H groups in total. The van der Waals surface area contributed by atoms with Crippen molar-refractivity contribution >= 4 is 21.4 Å². The average Bonchev–Trinajstić information content (AvgIpc) is 2.48. The van der Waals surface area contributed by atoms with E-state index in [0.29, 0.717) is 6.61 Å². The van der Waals surface area contributed by atoms with E-state index in [1.807, 2.05) is 6.92 Å². The second-order valence-corrected chi connectivity index (χ2v) is 3.89. The number of halogens is 1. The largest absolute Gasteiger partial charge is 0.505 e. The fourth-order valence-corrected chi connectivity index (χ4v) is 2.22. The fraction of sp³-hybridized carbons (Fsp3) is 0.200. The molecule has 0 fully saturated rings. The summed E-state index contributed by atoms with van der Waals surface area (Å²) in [5.74, 6) is -0.916. The molecular weight excluding hydrogens is 203 g/mol. The van der Waals surface area contributed by atoms with E-state index in [2.05, 4.69) is 0 Å². The van der Waals surface area contributed by atoms with Gasteiger partial charge in [0.1, 0.15) is 0 Å². The van der Waals surface area contributed by atoms with Crippen molar-refractivity contribution in [3.05, 3.63) is 24.0 Å². The molecule has 0 unspecified atom stereocenters. The number of aromatic hydroxyl groups is 1. The minimum absolute atomic E-state index is 0.317. The molecule has 1 heterocycles. The molecule has 0 aliphatic heterocycles. The first-order valence-electron chi connectivity index (χ1n) is 4.25. The summed E-state index contributed by atoms with van der Waals surface area (Å²) < 4.78 is 19.1. The second-order valence-electron chi connectivity index (χ2n) is 2.84. The van der Waals surface area contributed by atoms with Gasteiger partial charge in [-0.25, -0.2) is 4.39 Å². The molecule has 74 valence electrons. The normalized spacial score (nSPS) is 10.7. The van der Waals surface area contributed by atoms with Crippen LogP contribution in [0.3, 0.4) is 0 Å². The molecule has 14 heavy (non-hydrogen) atoms. The predicted molar refractivity (Wildman–Crippen MR) is 54.6 cm³/mol. The van der Waals surface area contributed by atoms with E-state index < -0.39 is 5.82 Å². The fourth-order valence-electron chi connectivity index (χ4n) is 1.24. The number of ether oxygens (including phenoxy) is 1. The van der Waals surface area contributed by atoms with Gasteiger partial charge in [-0.2, -0.15) is 0 Å². The lowest BCUT2D eigenvalue weighted by Crippen LogP contribution is -1.86. The summed E-state index contributed by atoms with van der Waals surface area (Å²) in [5.41, 5.74) is 0. The number of hydrogen-bond acceptors (Lipinski definition) is 3. The zero-order chi connectivity index (χ0) is 10.1. The van der Waals surface area contributed by atoms with Gasteiger partial charge in [0, 0.05) is 10.8 Å². The van der Waals surface area contributed by atoms with Gasteiger partial charge in [-0.3, -0.25) is 0 Å². The summed E-state index contributed by atoms with van der Waals surface area (Å²) >= 11 is 1.40. The van der Waals surface area contributed by atoms with Gasteiger partial charge in [0.2, 0.25) is 0 Å². The first-order valence-corrected chi connectivity index (χ1v) is 5.07. The van der Waals surface area contributed by atoms with Crippen LogP contribution in [0.2, 0.25) is 0 Å². The Kier molecular flexibility index (Phi) is 2.29. The minimum Gasteiger partial charge on any atom is -0.505 e. The molecular formula is C10H9FO2S. The molecule has 0 spiro atoms. The van der Waals surface area contributed by atoms with E-state index in [1.54, 1.807) is 6.07 Å². The highest BCUT2D eigenvalue weighted by Crippen LogP contribution is 2.34. The lowest BCUT2D eigenvalue weighted by atomic mass is 10.2. The van der Waals surface area contributed by atoms with Gasteiger partial charge in [0.05, 0.1) is 6.61 Å². The van der Waals surface area contributed by atoms with Crippen molar-refractivity contribution in [1.29, 1.82) is 0 Å². The van der Waals surface area contributed by atoms with Crippen molar-refractivity contribution in [3.63, 3.8) is 0 Å². The number of benzene rings is 1. The van der Waals surface area contributed by atoms with E-state index in [4.69, 9.17) is 9.84 Å². The van der Waals surface area contributed by atoms with Crippen molar-refractivity contribution in [2.24, 2.45) is 0 Å². The molecule has 2 rings (SSSR count). The molecule has 0 aliphatic rings. The third-order valence-electron chi connectivity index (χ3n) is 1.85. The van der Waals surface area contributed by atoms with Gasteiger partial charge in [-0.15, -0.1) is 0 Å². The van der Waals surface area contributed by atoms with Crippen LogP contribution in [0.1, 0.15) is 6.92 Å². The maximum absolute atomic E-state index is 13.0. The van der Waals surface area contributed by atoms with E-state index in [0.717, 1.165) is 15.1 Å². The number of thiophene rings is 1. The molecule has 1 aromatic heterocycles. The van der Waals surface area contributed by atoms with Crippen LogP contribution in [0, 0.1) is 5.82 Å². The number of phenols is 1. The van der Waals surface area contributed by atoms with Gasteiger partial charge in [0.25, 0.3) is 0 Å². The third-order valence-corrected chi connectivity index (χ3v) is 2.86. The number of rotatable bonds is 2. The summed E-state index contributed by atoms with van der Waals surface area (Å²) in [7, 11) is 0. The molecule has 2 nitrogen and oxygen atoms in total. The van der Waals surface area contributed by atoms with Crippen LogP contribution in [-0.4, -0.2) is 11.7 Å². The minimum atomic E-state index is -0.599. The van der Waals surface area contributed by atoms with Crippen LogP contribution in [0.5, 0.6) is 10.8 Å². The van der Waals surface area contributed by atoms with Gasteiger partial charge in [0.15, 0.2) is 16.6 Å². The quantitative estimate of drug-likeness (QED) is 0.828. The Morgan fingerprint density at radius 3 is 2.93 bits per heavy atom. The molecule has 2 aromatic rings. The van der Waals surface area contributed by atoms with Crippen LogP contribution in [-0.2, 0) is 0 Å². The molecule has 0 atom stereocenters. The molecule has 0 amide bonds. The number of phenolic OH excluding ortho intramolecular Hbond substituents is 1. The first-order chi connectivity index (χ1) is 6.70. The second kappa shape index (κ2) is 3.46. The summed E-state index contributed by atoms with van der Waals surface area (Å²) in [4.78, 5) is 0. The molecule has 0 aliphatic carbocycles. The highest BCUT2D eigenvalue weighted by molar-refractivity contribution is 7.20. The van der Waals surface area contributed by atoms with E-state index in [1.165, 1.54) is 23.5 Å². The van der Waals surface area contributed by atoms with Gasteiger partial charge in [-0.1, -0.05) is 11.3 Å². The number of fused-ring (bicyclic) bond motifs is 1. The molecule has 0 bridgehead atoms. The number of hydrogen-bond donors (Lipinski definition) is 1. The Balaban J connectivity index is 2.54. The highest BCUT2D eigenvalue weighted by atomic mass is 32.1. The summed E-state index contributed by atoms with van der Waals surface area (Å²) in [6.45, 7) is 2.48. The van der Waals surface area contributed by atoms with Crippen molar-refractivity contribution in [2.75, 3.05) is 6.61 Å². The molecule has 0 saturated heterocycles. The Morgan fingerprint density at radius 1 is 1.43 bits per heavy atom. The Labute approximate surface area is 84.6 Å². The summed E-state index contributed by atoms with van der Waals surface area (Å²) in [6.07, 6.45) is 0. The van der Waals surface area contributed by atoms with Crippen LogP contribution in [0.15, 0.2) is 18.2 Å². The van der Waals surface area contributed by atoms with Crippen molar-refractivity contribution in [1.82, 2.24) is 0 Å². The molecule has 0 radical (unpaired) electrons. The monoisotopic (exact) mass is 212 g/mol. The molecule has 1 aromatic carbocycles. The SMILES string of the molecule is CCOc1cc2cc(F)c(O)cc2s1. The van der Waals surface area contributed by atoms with E-state index >= 15 is 0 Å². The van der Waals surface area contributed by atoms with Crippen LogP contribution >= 0.6 is 11.3 Å². The molecule has 0 saturated carbocycles. The summed E-state index contributed by atoms with van der Waals surface area (Å²) in [6, 6.07) is 4.49. The highest BCUT2D eigenvalue weighted by Gasteiger charge is 2.07. The topological polar surface area (TPSA) is 29.5 Å². The van der Waals surface area contributed by atoms with Crippen LogP contribution in [0.4, 0.5) is 4.39 Å². The molecule has 4 heteroatoms. The first kappa shape index (κ1) is 9.27. The Hall–Kier alpha value is -1.29. The Bertz CT molecular complexity index is 425. The Morgan fingerprint density at radius 2 is 2.21 bits per heavy atom. The van der Waals surface area contributed by atoms with E-state index in [-0.39, 0.29) is 5.75 Å². The van der Waals surface area contributed by atoms with Crippen molar-refractivity contribution in [2.45, 2.75) is 6.92 Å². The van der Waals surface area contributed by atoms with Crippen LogP contribution in [0.25, 0.3) is 10.1 Å². The van der Waals surface area contributed by atoms with Crippen molar-refractivity contribution in [3.8, 4) is 10.8 Å². The van der Waals surface area contributed by atoms with E-state index in [9.17, 15) is 4.39 Å². The maximum atomic E-state index is 13.0. The zero-order valence-electron chi connectivity index (χ0n) is 7.58. The lowest BCUT2D eigenvalue weighted by molar-refractivity contribution is 0.350. The third kappa shape index (κ3) is 1.53. The lowest BCUT2D eigenvalue weighted by Gasteiger charge is -1.94. The van der Waals surface area contributed by atoms with Gasteiger partial charge in [-0.05, 0) is 24.4 Å². The summed E-state index contributed by atoms with van der Waals surface area (Å²) in [5, 5.41) is 10.6. The van der Waals surface area contributed by atoms with Crippen molar-refractivity contribution < 1.29 is 14.2 Å². The van der Waals surface area contributed by atoms with Gasteiger partial charge >= 0.3 is 0 Å². The van der Waals surface area contributed by atoms with Gasteiger partial charge < -0.3 is 9.84 Å². The average molecular weight is 212 g/mol. The maximum Gasteiger partial charge on any atom is 0.174 e. The van der Waals surface area contributed by atoms with Crippen LogP contribution < -0.4 is 4.74 Å². The zero-order valence-corrected chi connectivity index (χ0v) is 8.40. The smallest absolute Gasteiger partial charge is 0.174 e. The predicted octanol–water partition coefficient (Wildman–Crippen LogP) is 3.14.